The molecule has 0 aliphatic carbocycles. The average Bonchev–Trinajstić information content (AvgIpc) is 3.20. The zero-order valence-corrected chi connectivity index (χ0v) is 25.5. The van der Waals surface area contributed by atoms with Crippen LogP contribution in [0.2, 0.25) is 0 Å². The van der Waals surface area contributed by atoms with E-state index in [1.54, 1.807) is 25.1 Å². The van der Waals surface area contributed by atoms with E-state index in [0.29, 0.717) is 26.3 Å². The van der Waals surface area contributed by atoms with E-state index in [1.807, 2.05) is 32.1 Å². The van der Waals surface area contributed by atoms with Gasteiger partial charge in [-0.05, 0) is 53.2 Å². The monoisotopic (exact) mass is 576 g/mol. The highest BCUT2D eigenvalue weighted by Crippen LogP contribution is 2.36. The maximum Gasteiger partial charge on any atom is 0.338 e. The van der Waals surface area contributed by atoms with Crippen molar-refractivity contribution in [3.05, 3.63) is 90.1 Å². The fourth-order valence-corrected chi connectivity index (χ4v) is 5.59. The maximum atomic E-state index is 13.9. The van der Waals surface area contributed by atoms with Gasteiger partial charge in [-0.15, -0.1) is 0 Å². The quantitative estimate of drug-likeness (QED) is 0.300. The summed E-state index contributed by atoms with van der Waals surface area (Å²) >= 11 is 1.26. The van der Waals surface area contributed by atoms with Gasteiger partial charge in [0.05, 0.1) is 35.6 Å². The molecule has 216 valence electrons. The topological polar surface area (TPSA) is 96.2 Å². The summed E-state index contributed by atoms with van der Waals surface area (Å²) in [5, 5.41) is 0. The minimum Gasteiger partial charge on any atom is -0.493 e. The van der Waals surface area contributed by atoms with Crippen LogP contribution in [0.15, 0.2) is 63.5 Å². The van der Waals surface area contributed by atoms with Gasteiger partial charge in [0, 0.05) is 6.92 Å². The number of methoxy groups -OCH3 is 1. The Morgan fingerprint density at radius 2 is 1.78 bits per heavy atom. The lowest BCUT2D eigenvalue weighted by molar-refractivity contribution is -0.140. The van der Waals surface area contributed by atoms with Gasteiger partial charge in [-0.1, -0.05) is 76.3 Å². The van der Waals surface area contributed by atoms with Gasteiger partial charge in [0.1, 0.15) is 0 Å². The lowest BCUT2D eigenvalue weighted by atomic mass is 9.87. The van der Waals surface area contributed by atoms with Gasteiger partial charge in [0.2, 0.25) is 0 Å². The molecule has 4 rings (SSSR count). The third-order valence-corrected chi connectivity index (χ3v) is 7.60. The molecular weight excluding hydrogens is 540 g/mol. The van der Waals surface area contributed by atoms with Crippen molar-refractivity contribution in [2.45, 2.75) is 59.9 Å². The Kier molecular flexibility index (Phi) is 8.68. The first-order valence-corrected chi connectivity index (χ1v) is 14.3. The van der Waals surface area contributed by atoms with Gasteiger partial charge >= 0.3 is 11.9 Å². The van der Waals surface area contributed by atoms with Crippen LogP contribution in [0.4, 0.5) is 0 Å². The van der Waals surface area contributed by atoms with Gasteiger partial charge < -0.3 is 14.2 Å². The van der Waals surface area contributed by atoms with E-state index in [4.69, 9.17) is 14.2 Å². The maximum absolute atomic E-state index is 13.9. The third kappa shape index (κ3) is 6.51. The first-order valence-electron chi connectivity index (χ1n) is 13.5. The van der Waals surface area contributed by atoms with Crippen LogP contribution in [0.1, 0.15) is 71.2 Å². The lowest BCUT2D eigenvalue weighted by Crippen LogP contribution is -2.40. The molecule has 1 atom stereocenters. The van der Waals surface area contributed by atoms with Crippen LogP contribution in [0.5, 0.6) is 11.5 Å². The number of fused-ring (bicyclic) bond motifs is 1. The number of rotatable bonds is 7. The zero-order chi connectivity index (χ0) is 30.1. The minimum absolute atomic E-state index is 0.0159. The molecule has 2 heterocycles. The summed E-state index contributed by atoms with van der Waals surface area (Å²) in [5.41, 5.74) is 3.15. The first-order chi connectivity index (χ1) is 19.3. The fourth-order valence-electron chi connectivity index (χ4n) is 4.54. The number of nitrogens with zero attached hydrogens (tertiary/aromatic N) is 2. The van der Waals surface area contributed by atoms with E-state index in [-0.39, 0.29) is 34.8 Å². The molecule has 1 aliphatic heterocycles. The number of hydrogen-bond donors (Lipinski definition) is 0. The molecule has 0 saturated heterocycles. The minimum atomic E-state index is -0.823. The van der Waals surface area contributed by atoms with Crippen molar-refractivity contribution < 1.29 is 23.8 Å². The van der Waals surface area contributed by atoms with Crippen molar-refractivity contribution >= 4 is 29.4 Å². The molecule has 1 aromatic heterocycles. The molecule has 0 bridgehead atoms. The van der Waals surface area contributed by atoms with E-state index in [0.717, 1.165) is 5.56 Å². The second-order valence-electron chi connectivity index (χ2n) is 11.5. The molecule has 0 N–H and O–H groups in total. The molecule has 0 fully saturated rings. The Labute approximate surface area is 243 Å². The van der Waals surface area contributed by atoms with Crippen molar-refractivity contribution in [3.8, 4) is 11.5 Å². The number of esters is 2. The van der Waals surface area contributed by atoms with Crippen LogP contribution in [0.25, 0.3) is 6.08 Å². The van der Waals surface area contributed by atoms with Crippen LogP contribution in [-0.4, -0.2) is 30.2 Å². The highest BCUT2D eigenvalue weighted by molar-refractivity contribution is 7.07. The highest BCUT2D eigenvalue weighted by atomic mass is 32.1. The summed E-state index contributed by atoms with van der Waals surface area (Å²) in [6.07, 6.45) is 1.84. The number of hydrogen-bond acceptors (Lipinski definition) is 8. The Morgan fingerprint density at radius 3 is 2.37 bits per heavy atom. The van der Waals surface area contributed by atoms with Gasteiger partial charge in [-0.25, -0.2) is 9.79 Å². The number of ether oxygens (including phenoxy) is 3. The molecular formula is C32H36N2O6S. The molecule has 0 amide bonds. The second-order valence-corrected chi connectivity index (χ2v) is 12.5. The smallest absolute Gasteiger partial charge is 0.338 e. The van der Waals surface area contributed by atoms with Gasteiger partial charge in [-0.2, -0.15) is 0 Å². The van der Waals surface area contributed by atoms with E-state index in [9.17, 15) is 14.4 Å². The predicted octanol–water partition coefficient (Wildman–Crippen LogP) is 4.67. The first kappa shape index (κ1) is 30.0. The predicted molar refractivity (Wildman–Crippen MR) is 159 cm³/mol. The summed E-state index contributed by atoms with van der Waals surface area (Å²) < 4.78 is 18.4. The summed E-state index contributed by atoms with van der Waals surface area (Å²) in [6, 6.07) is 12.3. The van der Waals surface area contributed by atoms with Crippen LogP contribution in [-0.2, 0) is 19.7 Å². The number of carbonyl (C=O) groups is 2. The van der Waals surface area contributed by atoms with Crippen molar-refractivity contribution in [1.82, 2.24) is 4.57 Å². The number of benzene rings is 2. The molecule has 0 saturated carbocycles. The SMILES string of the molecule is COc1cc([C@@H]2C(C(=O)OCC(C)C)=C(C)N=c3s/c(=C/c4ccc(C(C)(C)C)cc4)c(=O)n32)ccc1OC(C)=O. The third-order valence-electron chi connectivity index (χ3n) is 6.62. The van der Waals surface area contributed by atoms with Crippen LogP contribution < -0.4 is 24.4 Å². The normalized spacial score (nSPS) is 15.4. The molecule has 3 aromatic rings. The molecule has 9 heteroatoms. The van der Waals surface area contributed by atoms with E-state index in [1.165, 1.54) is 35.5 Å². The Bertz CT molecular complexity index is 1690. The molecule has 0 radical (unpaired) electrons. The van der Waals surface area contributed by atoms with Crippen LogP contribution >= 0.6 is 11.3 Å². The van der Waals surface area contributed by atoms with Gasteiger partial charge in [0.25, 0.3) is 5.56 Å². The Hall–Kier alpha value is -3.98. The molecule has 0 unspecified atom stereocenters. The number of carbonyl (C=O) groups excluding carboxylic acids is 2. The van der Waals surface area contributed by atoms with Crippen molar-refractivity contribution in [2.75, 3.05) is 13.7 Å². The van der Waals surface area contributed by atoms with Gasteiger partial charge in [0.15, 0.2) is 16.3 Å². The van der Waals surface area contributed by atoms with Crippen molar-refractivity contribution in [2.24, 2.45) is 10.9 Å². The molecule has 41 heavy (non-hydrogen) atoms. The summed E-state index contributed by atoms with van der Waals surface area (Å²) in [7, 11) is 1.46. The molecule has 0 spiro atoms. The second kappa shape index (κ2) is 11.9. The molecule has 2 aromatic carbocycles. The van der Waals surface area contributed by atoms with Crippen molar-refractivity contribution in [1.29, 1.82) is 0 Å². The summed E-state index contributed by atoms with van der Waals surface area (Å²) in [6.45, 7) is 13.6. The summed E-state index contributed by atoms with van der Waals surface area (Å²) in [4.78, 5) is 44.1. The largest absolute Gasteiger partial charge is 0.493 e. The summed E-state index contributed by atoms with van der Waals surface area (Å²) in [5.74, 6) is -0.372. The number of allylic oxidation sites excluding steroid dienone is 1. The standard InChI is InChI=1S/C32H36N2O6S/c1-18(2)17-39-30(37)27-19(3)33-31-34(28(27)22-11-14-24(40-20(4)35)25(16-22)38-8)29(36)26(41-31)15-21-9-12-23(13-10-21)32(5,6)7/h9-16,18,28H,17H2,1-8H3/b26-15+/t28-/m1/s1. The molecule has 1 aliphatic rings. The van der Waals surface area contributed by atoms with E-state index < -0.39 is 18.0 Å². The zero-order valence-electron chi connectivity index (χ0n) is 24.7. The van der Waals surface area contributed by atoms with Crippen LogP contribution in [0, 0.1) is 5.92 Å². The number of aromatic nitrogens is 1. The molecule has 8 nitrogen and oxygen atoms in total. The lowest BCUT2D eigenvalue weighted by Gasteiger charge is -2.25. The van der Waals surface area contributed by atoms with Gasteiger partial charge in [-0.3, -0.25) is 14.2 Å². The van der Waals surface area contributed by atoms with Crippen LogP contribution in [0.3, 0.4) is 0 Å². The Balaban J connectivity index is 1.89. The van der Waals surface area contributed by atoms with Crippen molar-refractivity contribution in [3.63, 3.8) is 0 Å². The van der Waals surface area contributed by atoms with E-state index in [2.05, 4.69) is 37.9 Å². The van der Waals surface area contributed by atoms with E-state index >= 15 is 0 Å². The Morgan fingerprint density at radius 1 is 1.10 bits per heavy atom. The number of thiazole rings is 1. The highest BCUT2D eigenvalue weighted by Gasteiger charge is 2.34. The fraction of sp³-hybridized carbons (Fsp3) is 0.375. The average molecular weight is 577 g/mol.